The van der Waals surface area contributed by atoms with Crippen molar-refractivity contribution in [3.63, 3.8) is 0 Å². The highest BCUT2D eigenvalue weighted by Gasteiger charge is 2.36. The first-order chi connectivity index (χ1) is 11.0. The molecule has 126 valence electrons. The molecular formula is C20H28O3. The maximum Gasteiger partial charge on any atom is 0.346 e. The SMILES string of the molecule is CCCCCC/C(C)=C/C=C/C(O)(C(=O)OC)c1ccccc1. The van der Waals surface area contributed by atoms with Crippen molar-refractivity contribution in [1.82, 2.24) is 0 Å². The van der Waals surface area contributed by atoms with E-state index in [2.05, 4.69) is 13.8 Å². The number of hydrogen-bond acceptors (Lipinski definition) is 3. The third-order valence-electron chi connectivity index (χ3n) is 3.85. The summed E-state index contributed by atoms with van der Waals surface area (Å²) in [6, 6.07) is 8.83. The number of hydrogen-bond donors (Lipinski definition) is 1. The molecule has 1 atom stereocenters. The van der Waals surface area contributed by atoms with Crippen LogP contribution in [0.1, 0.15) is 51.5 Å². The number of carbonyl (C=O) groups is 1. The van der Waals surface area contributed by atoms with Crippen molar-refractivity contribution in [2.45, 2.75) is 51.6 Å². The van der Waals surface area contributed by atoms with Crippen molar-refractivity contribution in [3.8, 4) is 0 Å². The fourth-order valence-corrected chi connectivity index (χ4v) is 2.40. The van der Waals surface area contributed by atoms with Gasteiger partial charge in [0.15, 0.2) is 0 Å². The van der Waals surface area contributed by atoms with Gasteiger partial charge in [0.05, 0.1) is 7.11 Å². The summed E-state index contributed by atoms with van der Waals surface area (Å²) >= 11 is 0. The molecule has 0 saturated carbocycles. The molecule has 0 radical (unpaired) electrons. The van der Waals surface area contributed by atoms with Gasteiger partial charge in [0, 0.05) is 0 Å². The number of unbranched alkanes of at least 4 members (excludes halogenated alkanes) is 3. The van der Waals surface area contributed by atoms with Crippen molar-refractivity contribution < 1.29 is 14.6 Å². The Bertz CT molecular complexity index is 531. The number of esters is 1. The number of ether oxygens (including phenoxy) is 1. The van der Waals surface area contributed by atoms with Crippen LogP contribution < -0.4 is 0 Å². The molecule has 0 spiro atoms. The summed E-state index contributed by atoms with van der Waals surface area (Å²) in [5.41, 5.74) is -0.0237. The van der Waals surface area contributed by atoms with E-state index in [4.69, 9.17) is 4.74 Å². The first-order valence-electron chi connectivity index (χ1n) is 8.26. The van der Waals surface area contributed by atoms with Gasteiger partial charge < -0.3 is 9.84 Å². The first kappa shape index (κ1) is 19.2. The van der Waals surface area contributed by atoms with Gasteiger partial charge in [-0.15, -0.1) is 0 Å². The first-order valence-corrected chi connectivity index (χ1v) is 8.26. The Labute approximate surface area is 139 Å². The molecule has 23 heavy (non-hydrogen) atoms. The predicted molar refractivity (Wildman–Crippen MR) is 94.0 cm³/mol. The molecule has 0 aliphatic carbocycles. The predicted octanol–water partition coefficient (Wildman–Crippen LogP) is 4.52. The minimum atomic E-state index is -1.75. The van der Waals surface area contributed by atoms with E-state index < -0.39 is 11.6 Å². The number of aliphatic hydroxyl groups is 1. The molecule has 0 heterocycles. The molecule has 0 aromatic heterocycles. The van der Waals surface area contributed by atoms with Gasteiger partial charge in [-0.2, -0.15) is 0 Å². The van der Waals surface area contributed by atoms with Gasteiger partial charge in [0.1, 0.15) is 0 Å². The summed E-state index contributed by atoms with van der Waals surface area (Å²) in [7, 11) is 1.28. The van der Waals surface area contributed by atoms with Crippen LogP contribution in [-0.2, 0) is 15.1 Å². The lowest BCUT2D eigenvalue weighted by Crippen LogP contribution is -2.34. The average molecular weight is 316 g/mol. The molecule has 0 amide bonds. The minimum Gasteiger partial charge on any atom is -0.466 e. The van der Waals surface area contributed by atoms with E-state index in [9.17, 15) is 9.90 Å². The Morgan fingerprint density at radius 1 is 1.22 bits per heavy atom. The lowest BCUT2D eigenvalue weighted by molar-refractivity contribution is -0.158. The van der Waals surface area contributed by atoms with Gasteiger partial charge in [-0.05, 0) is 31.4 Å². The zero-order valence-electron chi connectivity index (χ0n) is 14.4. The van der Waals surface area contributed by atoms with Crippen LogP contribution >= 0.6 is 0 Å². The summed E-state index contributed by atoms with van der Waals surface area (Å²) < 4.78 is 4.76. The Morgan fingerprint density at radius 2 is 1.91 bits per heavy atom. The Kier molecular flexibility index (Phi) is 8.35. The molecule has 0 bridgehead atoms. The van der Waals surface area contributed by atoms with Crippen LogP contribution in [0.25, 0.3) is 0 Å². The fraction of sp³-hybridized carbons (Fsp3) is 0.450. The van der Waals surface area contributed by atoms with Crippen LogP contribution in [0.4, 0.5) is 0 Å². The topological polar surface area (TPSA) is 46.5 Å². The second kappa shape index (κ2) is 10.0. The van der Waals surface area contributed by atoms with Gasteiger partial charge in [-0.25, -0.2) is 4.79 Å². The largest absolute Gasteiger partial charge is 0.466 e. The van der Waals surface area contributed by atoms with Crippen LogP contribution in [-0.4, -0.2) is 18.2 Å². The third-order valence-corrected chi connectivity index (χ3v) is 3.85. The third kappa shape index (κ3) is 6.03. The monoisotopic (exact) mass is 316 g/mol. The number of benzene rings is 1. The zero-order valence-corrected chi connectivity index (χ0v) is 14.4. The molecule has 1 aromatic rings. The quantitative estimate of drug-likeness (QED) is 0.414. The highest BCUT2D eigenvalue weighted by atomic mass is 16.5. The smallest absolute Gasteiger partial charge is 0.346 e. The van der Waals surface area contributed by atoms with E-state index in [-0.39, 0.29) is 0 Å². The van der Waals surface area contributed by atoms with E-state index in [1.165, 1.54) is 44.4 Å². The number of carbonyl (C=O) groups excluding carboxylic acids is 1. The lowest BCUT2D eigenvalue weighted by Gasteiger charge is -2.21. The van der Waals surface area contributed by atoms with Crippen LogP contribution in [0.3, 0.4) is 0 Å². The van der Waals surface area contributed by atoms with Gasteiger partial charge in [-0.3, -0.25) is 0 Å². The summed E-state index contributed by atoms with van der Waals surface area (Å²) in [5, 5.41) is 10.7. The van der Waals surface area contributed by atoms with E-state index in [0.29, 0.717) is 5.56 Å². The van der Waals surface area contributed by atoms with Crippen LogP contribution in [0.15, 0.2) is 54.1 Å². The van der Waals surface area contributed by atoms with Gasteiger partial charge in [0.25, 0.3) is 0 Å². The normalized spacial score (nSPS) is 14.7. The van der Waals surface area contributed by atoms with E-state index in [1.54, 1.807) is 30.3 Å². The lowest BCUT2D eigenvalue weighted by atomic mass is 9.93. The maximum absolute atomic E-state index is 12.0. The number of rotatable bonds is 9. The number of methoxy groups -OCH3 is 1. The van der Waals surface area contributed by atoms with Crippen molar-refractivity contribution in [2.75, 3.05) is 7.11 Å². The second-order valence-electron chi connectivity index (χ2n) is 5.81. The molecule has 3 heteroatoms. The number of allylic oxidation sites excluding steroid dienone is 3. The average Bonchev–Trinajstić information content (AvgIpc) is 2.58. The van der Waals surface area contributed by atoms with Crippen LogP contribution in [0.2, 0.25) is 0 Å². The van der Waals surface area contributed by atoms with Crippen LogP contribution in [0.5, 0.6) is 0 Å². The molecule has 0 fully saturated rings. The highest BCUT2D eigenvalue weighted by Crippen LogP contribution is 2.24. The highest BCUT2D eigenvalue weighted by molar-refractivity contribution is 5.83. The zero-order chi connectivity index (χ0) is 17.1. The molecule has 0 aliphatic heterocycles. The Morgan fingerprint density at radius 3 is 2.52 bits per heavy atom. The van der Waals surface area contributed by atoms with Gasteiger partial charge in [-0.1, -0.05) is 74.2 Å². The fourth-order valence-electron chi connectivity index (χ4n) is 2.40. The molecule has 1 unspecified atom stereocenters. The van der Waals surface area contributed by atoms with Crippen LogP contribution in [0, 0.1) is 0 Å². The van der Waals surface area contributed by atoms with Gasteiger partial charge >= 0.3 is 5.97 Å². The maximum atomic E-state index is 12.0. The summed E-state index contributed by atoms with van der Waals surface area (Å²) in [4.78, 5) is 12.0. The molecule has 1 rings (SSSR count). The minimum absolute atomic E-state index is 0.497. The molecule has 0 saturated heterocycles. The van der Waals surface area contributed by atoms with E-state index in [0.717, 1.165) is 6.42 Å². The molecule has 1 N–H and O–H groups in total. The standard InChI is InChI=1S/C20H28O3/c1-4-5-6-8-12-17(2)13-11-16-20(22,19(21)23-3)18-14-9-7-10-15-18/h7,9-11,13-16,22H,4-6,8,12H2,1-3H3/b16-11+,17-13+. The Hall–Kier alpha value is -1.87. The molecule has 3 nitrogen and oxygen atoms in total. The van der Waals surface area contributed by atoms with Crippen molar-refractivity contribution in [2.24, 2.45) is 0 Å². The Balaban J connectivity index is 2.80. The molecular weight excluding hydrogens is 288 g/mol. The molecule has 1 aromatic carbocycles. The summed E-state index contributed by atoms with van der Waals surface area (Å²) in [6.07, 6.45) is 11.1. The summed E-state index contributed by atoms with van der Waals surface area (Å²) in [5.74, 6) is -0.686. The van der Waals surface area contributed by atoms with Crippen molar-refractivity contribution in [1.29, 1.82) is 0 Å². The van der Waals surface area contributed by atoms with Gasteiger partial charge in [0.2, 0.25) is 5.60 Å². The van der Waals surface area contributed by atoms with E-state index in [1.807, 2.05) is 12.1 Å². The second-order valence-corrected chi connectivity index (χ2v) is 5.81. The summed E-state index contributed by atoms with van der Waals surface area (Å²) in [6.45, 7) is 4.26. The van der Waals surface area contributed by atoms with Crippen molar-refractivity contribution in [3.05, 3.63) is 59.7 Å². The molecule has 0 aliphatic rings. The van der Waals surface area contributed by atoms with Crippen molar-refractivity contribution >= 4 is 5.97 Å². The van der Waals surface area contributed by atoms with E-state index >= 15 is 0 Å².